The van der Waals surface area contributed by atoms with Crippen molar-refractivity contribution in [2.45, 2.75) is 25.9 Å². The summed E-state index contributed by atoms with van der Waals surface area (Å²) >= 11 is 6.15. The fraction of sp³-hybridized carbons (Fsp3) is 0.615. The third kappa shape index (κ3) is 2.28. The molecular formula is C13H16ClN3O3. The van der Waals surface area contributed by atoms with Crippen molar-refractivity contribution in [3.63, 3.8) is 0 Å². The van der Waals surface area contributed by atoms with Crippen LogP contribution in [0.4, 0.5) is 11.4 Å². The van der Waals surface area contributed by atoms with E-state index in [0.717, 1.165) is 18.3 Å². The molecule has 20 heavy (non-hydrogen) atoms. The summed E-state index contributed by atoms with van der Waals surface area (Å²) in [4.78, 5) is 14.4. The molecule has 1 aromatic heterocycles. The van der Waals surface area contributed by atoms with Gasteiger partial charge in [-0.2, -0.15) is 0 Å². The van der Waals surface area contributed by atoms with Crippen LogP contribution in [-0.4, -0.2) is 23.1 Å². The first-order valence-corrected chi connectivity index (χ1v) is 7.08. The van der Waals surface area contributed by atoms with Crippen LogP contribution in [0.25, 0.3) is 0 Å². The highest BCUT2D eigenvalue weighted by atomic mass is 35.5. The lowest BCUT2D eigenvalue weighted by molar-refractivity contribution is -0.384. The summed E-state index contributed by atoms with van der Waals surface area (Å²) in [7, 11) is 1.59. The molecule has 0 saturated heterocycles. The molecule has 108 valence electrons. The Kier molecular flexibility index (Phi) is 3.20. The van der Waals surface area contributed by atoms with Gasteiger partial charge in [0.2, 0.25) is 5.88 Å². The summed E-state index contributed by atoms with van der Waals surface area (Å²) in [5.74, 6) is 2.43. The lowest BCUT2D eigenvalue weighted by Gasteiger charge is -2.10. The van der Waals surface area contributed by atoms with Gasteiger partial charge >= 0.3 is 5.69 Å². The minimum atomic E-state index is -0.514. The van der Waals surface area contributed by atoms with E-state index < -0.39 is 4.92 Å². The molecule has 0 spiro atoms. The Bertz CT molecular complexity index is 566. The Morgan fingerprint density at radius 3 is 2.75 bits per heavy atom. The Hall–Kier alpha value is -1.56. The molecule has 1 heterocycles. The highest BCUT2D eigenvalue weighted by Crippen LogP contribution is 2.55. The second kappa shape index (κ2) is 4.77. The Morgan fingerprint density at radius 1 is 1.50 bits per heavy atom. The highest BCUT2D eigenvalue weighted by molar-refractivity contribution is 6.35. The monoisotopic (exact) mass is 297 g/mol. The average molecular weight is 298 g/mol. The molecular weight excluding hydrogens is 282 g/mol. The minimum absolute atomic E-state index is 0.145. The second-order valence-corrected chi connectivity index (χ2v) is 5.96. The first-order valence-electron chi connectivity index (χ1n) is 6.70. The predicted molar refractivity (Wildman–Crippen MR) is 75.2 cm³/mol. The quantitative estimate of drug-likeness (QED) is 0.667. The molecule has 3 rings (SSSR count). The van der Waals surface area contributed by atoms with Gasteiger partial charge in [0.15, 0.2) is 0 Å². The highest BCUT2D eigenvalue weighted by Gasteiger charge is 2.53. The zero-order chi connectivity index (χ0) is 14.4. The van der Waals surface area contributed by atoms with Crippen LogP contribution in [0.1, 0.15) is 19.8 Å². The SMILES string of the molecule is CNc1c([N+](=O)[O-])cnc(OC2CC2[C@H]2CC2C)c1Cl. The Balaban J connectivity index is 1.76. The average Bonchev–Trinajstić information content (AvgIpc) is 3.29. The van der Waals surface area contributed by atoms with Crippen molar-refractivity contribution in [2.24, 2.45) is 17.8 Å². The van der Waals surface area contributed by atoms with Crippen molar-refractivity contribution in [3.8, 4) is 5.88 Å². The molecule has 2 aliphatic carbocycles. The van der Waals surface area contributed by atoms with Gasteiger partial charge in [0.05, 0.1) is 4.92 Å². The number of rotatable bonds is 5. The van der Waals surface area contributed by atoms with Gasteiger partial charge in [0, 0.05) is 13.0 Å². The maximum atomic E-state index is 10.9. The van der Waals surface area contributed by atoms with Crippen molar-refractivity contribution < 1.29 is 9.66 Å². The van der Waals surface area contributed by atoms with E-state index in [1.165, 1.54) is 12.6 Å². The predicted octanol–water partition coefficient (Wildman–Crippen LogP) is 3.11. The smallest absolute Gasteiger partial charge is 0.312 e. The molecule has 2 fully saturated rings. The van der Waals surface area contributed by atoms with Crippen LogP contribution < -0.4 is 10.1 Å². The molecule has 0 radical (unpaired) electrons. The van der Waals surface area contributed by atoms with Gasteiger partial charge in [-0.25, -0.2) is 4.98 Å². The number of halogens is 1. The number of pyridine rings is 1. The molecule has 3 unspecified atom stereocenters. The van der Waals surface area contributed by atoms with Crippen LogP contribution in [0.15, 0.2) is 6.20 Å². The van der Waals surface area contributed by atoms with Crippen LogP contribution >= 0.6 is 11.6 Å². The van der Waals surface area contributed by atoms with E-state index in [0.29, 0.717) is 5.92 Å². The van der Waals surface area contributed by atoms with Crippen LogP contribution in [0, 0.1) is 27.9 Å². The van der Waals surface area contributed by atoms with Crippen molar-refractivity contribution in [2.75, 3.05) is 12.4 Å². The molecule has 2 saturated carbocycles. The lowest BCUT2D eigenvalue weighted by atomic mass is 10.2. The van der Waals surface area contributed by atoms with Crippen LogP contribution in [-0.2, 0) is 0 Å². The van der Waals surface area contributed by atoms with Crippen molar-refractivity contribution in [1.82, 2.24) is 4.98 Å². The van der Waals surface area contributed by atoms with Gasteiger partial charge in [-0.15, -0.1) is 0 Å². The topological polar surface area (TPSA) is 77.3 Å². The molecule has 1 aromatic rings. The number of ether oxygens (including phenoxy) is 1. The molecule has 0 bridgehead atoms. The van der Waals surface area contributed by atoms with Crippen LogP contribution in [0.5, 0.6) is 5.88 Å². The fourth-order valence-electron chi connectivity index (χ4n) is 2.79. The van der Waals surface area contributed by atoms with E-state index in [2.05, 4.69) is 17.2 Å². The number of nitrogens with one attached hydrogen (secondary N) is 1. The van der Waals surface area contributed by atoms with Crippen molar-refractivity contribution >= 4 is 23.0 Å². The summed E-state index contributed by atoms with van der Waals surface area (Å²) in [6.07, 6.45) is 3.64. The van der Waals surface area contributed by atoms with E-state index in [-0.39, 0.29) is 28.4 Å². The zero-order valence-corrected chi connectivity index (χ0v) is 12.1. The van der Waals surface area contributed by atoms with Gasteiger partial charge in [-0.05, 0) is 24.7 Å². The van der Waals surface area contributed by atoms with E-state index in [9.17, 15) is 10.1 Å². The molecule has 6 nitrogen and oxygen atoms in total. The maximum absolute atomic E-state index is 10.9. The largest absolute Gasteiger partial charge is 0.473 e. The number of hydrogen-bond acceptors (Lipinski definition) is 5. The number of aromatic nitrogens is 1. The number of anilines is 1. The first kappa shape index (κ1) is 13.4. The van der Waals surface area contributed by atoms with Gasteiger partial charge in [0.1, 0.15) is 23.0 Å². The van der Waals surface area contributed by atoms with E-state index in [1.54, 1.807) is 7.05 Å². The molecule has 4 atom stereocenters. The van der Waals surface area contributed by atoms with Crippen molar-refractivity contribution in [3.05, 3.63) is 21.3 Å². The van der Waals surface area contributed by atoms with E-state index >= 15 is 0 Å². The number of hydrogen-bond donors (Lipinski definition) is 1. The third-order valence-corrected chi connectivity index (χ3v) is 4.53. The number of nitro groups is 1. The maximum Gasteiger partial charge on any atom is 0.312 e. The summed E-state index contributed by atoms with van der Waals surface area (Å²) < 4.78 is 5.79. The standard InChI is InChI=1S/C13H16ClN3O3/c1-6-3-7(6)8-4-10(8)20-13-11(14)12(15-2)9(5-16-13)17(18)19/h5-8,10H,3-4H2,1-2H3,(H,15,16)/t6?,7-,8?,10?/m0/s1. The minimum Gasteiger partial charge on any atom is -0.473 e. The molecule has 0 aromatic carbocycles. The van der Waals surface area contributed by atoms with Gasteiger partial charge < -0.3 is 10.1 Å². The zero-order valence-electron chi connectivity index (χ0n) is 11.3. The van der Waals surface area contributed by atoms with E-state index in [1.807, 2.05) is 0 Å². The Morgan fingerprint density at radius 2 is 2.20 bits per heavy atom. The normalized spacial score (nSPS) is 30.8. The lowest BCUT2D eigenvalue weighted by Crippen LogP contribution is -2.06. The summed E-state index contributed by atoms with van der Waals surface area (Å²) in [6, 6.07) is 0. The summed E-state index contributed by atoms with van der Waals surface area (Å²) in [5, 5.41) is 13.8. The molecule has 0 amide bonds. The summed E-state index contributed by atoms with van der Waals surface area (Å²) in [6.45, 7) is 2.25. The van der Waals surface area contributed by atoms with Crippen LogP contribution in [0.2, 0.25) is 5.02 Å². The molecule has 1 N–H and O–H groups in total. The summed E-state index contributed by atoms with van der Waals surface area (Å²) in [5.41, 5.74) is 0.103. The van der Waals surface area contributed by atoms with Gasteiger partial charge in [0.25, 0.3) is 0 Å². The Labute approximate surface area is 121 Å². The fourth-order valence-corrected chi connectivity index (χ4v) is 3.07. The molecule has 0 aliphatic heterocycles. The number of nitrogens with zero attached hydrogens (tertiary/aromatic N) is 2. The third-order valence-electron chi connectivity index (χ3n) is 4.18. The van der Waals surface area contributed by atoms with Gasteiger partial charge in [-0.3, -0.25) is 10.1 Å². The molecule has 2 aliphatic rings. The van der Waals surface area contributed by atoms with E-state index in [4.69, 9.17) is 16.3 Å². The van der Waals surface area contributed by atoms with Crippen LogP contribution in [0.3, 0.4) is 0 Å². The molecule has 7 heteroatoms. The van der Waals surface area contributed by atoms with Crippen molar-refractivity contribution in [1.29, 1.82) is 0 Å². The second-order valence-electron chi connectivity index (χ2n) is 5.58. The van der Waals surface area contributed by atoms with Gasteiger partial charge in [-0.1, -0.05) is 18.5 Å². The first-order chi connectivity index (χ1) is 9.52.